The molecule has 4 aromatic rings. The number of anilines is 1. The molecular formula is C24H21N3O6. The van der Waals surface area contributed by atoms with E-state index in [0.29, 0.717) is 28.6 Å². The molecule has 0 fully saturated rings. The average molecular weight is 447 g/mol. The Morgan fingerprint density at radius 1 is 1.15 bits per heavy atom. The number of amides is 1. The number of nitrogens with one attached hydrogen (secondary N) is 1. The lowest BCUT2D eigenvalue weighted by Crippen LogP contribution is -2.12. The third-order valence-electron chi connectivity index (χ3n) is 4.87. The van der Waals surface area contributed by atoms with Gasteiger partial charge < -0.3 is 29.3 Å². The number of carboxylic acid groups (broad SMARTS) is 1. The molecule has 33 heavy (non-hydrogen) atoms. The van der Waals surface area contributed by atoms with Gasteiger partial charge in [-0.25, -0.2) is 4.79 Å². The van der Waals surface area contributed by atoms with Crippen molar-refractivity contribution in [3.8, 4) is 22.9 Å². The summed E-state index contributed by atoms with van der Waals surface area (Å²) in [5.41, 5.74) is 2.40. The van der Waals surface area contributed by atoms with Crippen LogP contribution in [0.5, 0.6) is 11.5 Å². The molecule has 0 atom stereocenters. The first kappa shape index (κ1) is 21.8. The van der Waals surface area contributed by atoms with E-state index in [9.17, 15) is 19.8 Å². The highest BCUT2D eigenvalue weighted by Crippen LogP contribution is 2.28. The molecule has 0 bridgehead atoms. The number of carboxylic acids is 1. The fourth-order valence-electron chi connectivity index (χ4n) is 3.32. The molecule has 1 aromatic carbocycles. The Morgan fingerprint density at radius 3 is 2.70 bits per heavy atom. The van der Waals surface area contributed by atoms with Gasteiger partial charge in [0.05, 0.1) is 29.8 Å². The van der Waals surface area contributed by atoms with Crippen LogP contribution in [0.25, 0.3) is 11.4 Å². The van der Waals surface area contributed by atoms with Crippen molar-refractivity contribution in [1.82, 2.24) is 9.55 Å². The fourth-order valence-corrected chi connectivity index (χ4v) is 3.32. The largest absolute Gasteiger partial charge is 0.478 e. The van der Waals surface area contributed by atoms with Crippen molar-refractivity contribution < 1.29 is 29.0 Å². The van der Waals surface area contributed by atoms with Gasteiger partial charge in [0.25, 0.3) is 5.91 Å². The molecule has 1 amide bonds. The van der Waals surface area contributed by atoms with E-state index in [2.05, 4.69) is 10.3 Å². The molecule has 0 radical (unpaired) electrons. The Labute approximate surface area is 188 Å². The van der Waals surface area contributed by atoms with E-state index in [1.165, 1.54) is 18.5 Å². The van der Waals surface area contributed by atoms with Crippen LogP contribution in [0.4, 0.5) is 5.69 Å². The van der Waals surface area contributed by atoms with Gasteiger partial charge in [-0.3, -0.25) is 9.78 Å². The number of benzene rings is 1. The molecule has 9 nitrogen and oxygen atoms in total. The first-order valence-electron chi connectivity index (χ1n) is 10.1. The summed E-state index contributed by atoms with van der Waals surface area (Å²) in [5, 5.41) is 21.4. The summed E-state index contributed by atoms with van der Waals surface area (Å²) in [6.07, 6.45) is 4.46. The molecule has 3 N–H and O–H groups in total. The lowest BCUT2D eigenvalue weighted by atomic mass is 10.2. The SMILES string of the molecule is Cc1ccoc1C(=O)Nc1cccc(Oc2ccnc(-c3cc(C(=O)O)cn3CCO)c2)c1. The van der Waals surface area contributed by atoms with E-state index in [-0.39, 0.29) is 30.4 Å². The summed E-state index contributed by atoms with van der Waals surface area (Å²) >= 11 is 0. The van der Waals surface area contributed by atoms with Crippen LogP contribution in [-0.4, -0.2) is 38.2 Å². The maximum Gasteiger partial charge on any atom is 0.337 e. The van der Waals surface area contributed by atoms with Crippen LogP contribution in [0.1, 0.15) is 26.5 Å². The standard InChI is InChI=1S/C24H21N3O6/c1-15-6-10-32-22(15)23(29)26-17-3-2-4-18(12-17)33-19-5-7-25-20(13-19)21-11-16(24(30)31)14-27(21)8-9-28/h2-7,10-14,28H,8-9H2,1H3,(H,26,29)(H,30,31). The second kappa shape index (κ2) is 9.41. The van der Waals surface area contributed by atoms with E-state index in [1.54, 1.807) is 60.2 Å². The summed E-state index contributed by atoms with van der Waals surface area (Å²) in [6.45, 7) is 1.87. The van der Waals surface area contributed by atoms with Crippen molar-refractivity contribution in [1.29, 1.82) is 0 Å². The number of furan rings is 1. The first-order valence-corrected chi connectivity index (χ1v) is 10.1. The predicted octanol–water partition coefficient (Wildman–Crippen LogP) is 4.19. The maximum atomic E-state index is 12.4. The topological polar surface area (TPSA) is 127 Å². The number of hydrogen-bond donors (Lipinski definition) is 3. The minimum absolute atomic E-state index is 0.0989. The third-order valence-corrected chi connectivity index (χ3v) is 4.87. The second-order valence-corrected chi connectivity index (χ2v) is 7.23. The van der Waals surface area contributed by atoms with Crippen molar-refractivity contribution in [3.05, 3.63) is 84.1 Å². The zero-order valence-electron chi connectivity index (χ0n) is 17.7. The second-order valence-electron chi connectivity index (χ2n) is 7.23. The monoisotopic (exact) mass is 447 g/mol. The number of rotatable bonds is 8. The molecule has 3 heterocycles. The summed E-state index contributed by atoms with van der Waals surface area (Å²) < 4.78 is 12.8. The number of aryl methyl sites for hydroxylation is 1. The van der Waals surface area contributed by atoms with Crippen molar-refractivity contribution in [2.45, 2.75) is 13.5 Å². The quantitative estimate of drug-likeness (QED) is 0.370. The minimum Gasteiger partial charge on any atom is -0.478 e. The predicted molar refractivity (Wildman–Crippen MR) is 120 cm³/mol. The molecule has 0 aliphatic heterocycles. The van der Waals surface area contributed by atoms with Crippen LogP contribution in [0.2, 0.25) is 0 Å². The van der Waals surface area contributed by atoms with E-state index >= 15 is 0 Å². The molecule has 0 saturated heterocycles. The summed E-state index contributed by atoms with van der Waals surface area (Å²) in [4.78, 5) is 28.1. The number of aliphatic hydroxyl groups is 1. The zero-order valence-corrected chi connectivity index (χ0v) is 17.7. The number of carbonyl (C=O) groups is 2. The summed E-state index contributed by atoms with van der Waals surface area (Å²) in [6, 6.07) is 13.4. The van der Waals surface area contributed by atoms with Crippen LogP contribution in [0.3, 0.4) is 0 Å². The van der Waals surface area contributed by atoms with Crippen LogP contribution < -0.4 is 10.1 Å². The number of pyridine rings is 1. The molecule has 0 aliphatic carbocycles. The number of hydrogen-bond acceptors (Lipinski definition) is 6. The van der Waals surface area contributed by atoms with Gasteiger partial charge in [-0.05, 0) is 37.3 Å². The van der Waals surface area contributed by atoms with Gasteiger partial charge in [0.1, 0.15) is 11.5 Å². The van der Waals surface area contributed by atoms with Gasteiger partial charge in [-0.1, -0.05) is 6.07 Å². The van der Waals surface area contributed by atoms with E-state index in [4.69, 9.17) is 9.15 Å². The number of aliphatic hydroxyl groups excluding tert-OH is 1. The lowest BCUT2D eigenvalue weighted by Gasteiger charge is -2.11. The Balaban J connectivity index is 1.55. The van der Waals surface area contributed by atoms with Crippen LogP contribution in [-0.2, 0) is 6.54 Å². The highest BCUT2D eigenvalue weighted by molar-refractivity contribution is 6.03. The number of aromatic carboxylic acids is 1. The zero-order chi connectivity index (χ0) is 23.4. The van der Waals surface area contributed by atoms with Crippen molar-refractivity contribution in [3.63, 3.8) is 0 Å². The van der Waals surface area contributed by atoms with Crippen LogP contribution in [0.15, 0.2) is 71.6 Å². The van der Waals surface area contributed by atoms with E-state index < -0.39 is 5.97 Å². The molecule has 9 heteroatoms. The van der Waals surface area contributed by atoms with Crippen molar-refractivity contribution >= 4 is 17.6 Å². The number of ether oxygens (including phenoxy) is 1. The van der Waals surface area contributed by atoms with Gasteiger partial charge in [-0.2, -0.15) is 0 Å². The van der Waals surface area contributed by atoms with Gasteiger partial charge in [0.15, 0.2) is 5.76 Å². The Kier molecular flexibility index (Phi) is 6.23. The molecule has 168 valence electrons. The number of carbonyl (C=O) groups excluding carboxylic acids is 1. The van der Waals surface area contributed by atoms with Gasteiger partial charge in [0, 0.05) is 42.3 Å². The maximum absolute atomic E-state index is 12.4. The smallest absolute Gasteiger partial charge is 0.337 e. The van der Waals surface area contributed by atoms with Crippen molar-refractivity contribution in [2.24, 2.45) is 0 Å². The van der Waals surface area contributed by atoms with Crippen molar-refractivity contribution in [2.75, 3.05) is 11.9 Å². The van der Waals surface area contributed by atoms with Gasteiger partial charge in [-0.15, -0.1) is 0 Å². The molecule has 4 rings (SSSR count). The molecule has 0 spiro atoms. The minimum atomic E-state index is -1.07. The first-order chi connectivity index (χ1) is 15.9. The van der Waals surface area contributed by atoms with Gasteiger partial charge >= 0.3 is 5.97 Å². The Morgan fingerprint density at radius 2 is 1.97 bits per heavy atom. The third kappa shape index (κ3) is 4.94. The van der Waals surface area contributed by atoms with E-state index in [1.807, 2.05) is 0 Å². The Bertz CT molecular complexity index is 1310. The molecule has 0 saturated carbocycles. The number of aromatic nitrogens is 2. The highest BCUT2D eigenvalue weighted by atomic mass is 16.5. The highest BCUT2D eigenvalue weighted by Gasteiger charge is 2.15. The fraction of sp³-hybridized carbons (Fsp3) is 0.125. The number of nitrogens with zero attached hydrogens (tertiary/aromatic N) is 2. The molecule has 0 unspecified atom stereocenters. The van der Waals surface area contributed by atoms with E-state index in [0.717, 1.165) is 5.56 Å². The van der Waals surface area contributed by atoms with Crippen LogP contribution >= 0.6 is 0 Å². The average Bonchev–Trinajstić information content (AvgIpc) is 3.41. The van der Waals surface area contributed by atoms with Crippen LogP contribution in [0, 0.1) is 6.92 Å². The Hall–Kier alpha value is -4.37. The summed E-state index contributed by atoms with van der Waals surface area (Å²) in [7, 11) is 0. The molecular weight excluding hydrogens is 426 g/mol. The molecule has 0 aliphatic rings. The molecule has 3 aromatic heterocycles. The summed E-state index contributed by atoms with van der Waals surface area (Å²) in [5.74, 6) is -0.229. The normalized spacial score (nSPS) is 10.7. The van der Waals surface area contributed by atoms with Gasteiger partial charge in [0.2, 0.25) is 0 Å². The lowest BCUT2D eigenvalue weighted by molar-refractivity contribution is 0.0696.